The molecule has 4 amide bonds. The number of nitrogens with one attached hydrogen (secondary N) is 1. The van der Waals surface area contributed by atoms with Gasteiger partial charge in [-0.15, -0.1) is 0 Å². The third-order valence-corrected chi connectivity index (χ3v) is 6.96. The number of nitrogens with zero attached hydrogens (tertiary/aromatic N) is 3. The zero-order chi connectivity index (χ0) is 22.2. The molecule has 1 atom stereocenters. The van der Waals surface area contributed by atoms with E-state index in [1.54, 1.807) is 36.3 Å². The van der Waals surface area contributed by atoms with Crippen molar-refractivity contribution in [3.8, 4) is 5.75 Å². The Morgan fingerprint density at radius 1 is 1.13 bits per heavy atom. The second-order valence-corrected chi connectivity index (χ2v) is 9.09. The molecule has 31 heavy (non-hydrogen) atoms. The van der Waals surface area contributed by atoms with Gasteiger partial charge in [0, 0.05) is 37.8 Å². The third-order valence-electron chi connectivity index (χ3n) is 6.96. The van der Waals surface area contributed by atoms with Crippen LogP contribution in [-0.2, 0) is 4.79 Å². The fourth-order valence-electron chi connectivity index (χ4n) is 5.00. The summed E-state index contributed by atoms with van der Waals surface area (Å²) in [6.45, 7) is 6.89. The van der Waals surface area contributed by atoms with Crippen molar-refractivity contribution in [2.24, 2.45) is 0 Å². The molecule has 3 fully saturated rings. The molecule has 0 radical (unpaired) electrons. The zero-order valence-electron chi connectivity index (χ0n) is 18.6. The minimum Gasteiger partial charge on any atom is -0.497 e. The predicted octanol–water partition coefficient (Wildman–Crippen LogP) is 2.09. The van der Waals surface area contributed by atoms with Crippen LogP contribution in [0.4, 0.5) is 4.79 Å². The fraction of sp³-hybridized carbons (Fsp3) is 0.609. The van der Waals surface area contributed by atoms with Crippen LogP contribution in [-0.4, -0.2) is 83.5 Å². The number of amides is 4. The summed E-state index contributed by atoms with van der Waals surface area (Å²) >= 11 is 0. The summed E-state index contributed by atoms with van der Waals surface area (Å²) in [5, 5.41) is 3.01. The molecule has 8 heteroatoms. The van der Waals surface area contributed by atoms with Gasteiger partial charge in [0.2, 0.25) is 0 Å². The maximum Gasteiger partial charge on any atom is 0.325 e. The van der Waals surface area contributed by atoms with Gasteiger partial charge in [-0.2, -0.15) is 0 Å². The van der Waals surface area contributed by atoms with Crippen LogP contribution < -0.4 is 10.1 Å². The second-order valence-electron chi connectivity index (χ2n) is 9.09. The molecule has 1 aromatic rings. The van der Waals surface area contributed by atoms with Crippen molar-refractivity contribution in [3.05, 3.63) is 29.8 Å². The Bertz CT molecular complexity index is 846. The summed E-state index contributed by atoms with van der Waals surface area (Å²) in [5.41, 5.74) is -0.207. The van der Waals surface area contributed by atoms with E-state index in [2.05, 4.69) is 24.1 Å². The molecule has 0 bridgehead atoms. The highest BCUT2D eigenvalue weighted by molar-refractivity contribution is 6.07. The standard InChI is InChI=1S/C23H32N4O4/c1-16(2)25-13-10-23(11-14-25)21(29)27(22(30)24-23)18-5-4-12-26(15-18)20(28)17-6-8-19(31-3)9-7-17/h6-9,16,18H,4-5,10-15H2,1-3H3,(H,24,30). The summed E-state index contributed by atoms with van der Waals surface area (Å²) < 4.78 is 5.16. The Labute approximate surface area is 183 Å². The Kier molecular flexibility index (Phi) is 5.92. The monoisotopic (exact) mass is 428 g/mol. The van der Waals surface area contributed by atoms with E-state index in [1.165, 1.54) is 4.90 Å². The topological polar surface area (TPSA) is 82.2 Å². The van der Waals surface area contributed by atoms with Crippen LogP contribution in [0.3, 0.4) is 0 Å². The van der Waals surface area contributed by atoms with E-state index in [1.807, 2.05) is 0 Å². The van der Waals surface area contributed by atoms with Gasteiger partial charge in [0.15, 0.2) is 0 Å². The molecule has 0 saturated carbocycles. The van der Waals surface area contributed by atoms with Crippen molar-refractivity contribution in [2.75, 3.05) is 33.3 Å². The van der Waals surface area contributed by atoms with Crippen LogP contribution in [0, 0.1) is 0 Å². The van der Waals surface area contributed by atoms with Crippen molar-refractivity contribution >= 4 is 17.8 Å². The molecule has 168 valence electrons. The molecule has 3 saturated heterocycles. The molecule has 1 unspecified atom stereocenters. The number of imide groups is 1. The van der Waals surface area contributed by atoms with Crippen LogP contribution in [0.5, 0.6) is 5.75 Å². The Morgan fingerprint density at radius 2 is 1.81 bits per heavy atom. The number of ether oxygens (including phenoxy) is 1. The van der Waals surface area contributed by atoms with Gasteiger partial charge in [0.05, 0.1) is 13.2 Å². The first-order valence-corrected chi connectivity index (χ1v) is 11.2. The van der Waals surface area contributed by atoms with Crippen molar-refractivity contribution in [1.82, 2.24) is 20.0 Å². The largest absolute Gasteiger partial charge is 0.497 e. The molecule has 0 aliphatic carbocycles. The smallest absolute Gasteiger partial charge is 0.325 e. The maximum atomic E-state index is 13.4. The fourth-order valence-corrected chi connectivity index (χ4v) is 5.00. The first-order chi connectivity index (χ1) is 14.8. The van der Waals surface area contributed by atoms with Crippen molar-refractivity contribution in [2.45, 2.75) is 57.2 Å². The van der Waals surface area contributed by atoms with E-state index in [0.717, 1.165) is 25.9 Å². The van der Waals surface area contributed by atoms with Gasteiger partial charge < -0.3 is 19.9 Å². The molecule has 8 nitrogen and oxygen atoms in total. The first-order valence-electron chi connectivity index (χ1n) is 11.2. The highest BCUT2D eigenvalue weighted by Gasteiger charge is 2.54. The Balaban J connectivity index is 1.45. The lowest BCUT2D eigenvalue weighted by Crippen LogP contribution is -2.57. The molecule has 3 aliphatic heterocycles. The van der Waals surface area contributed by atoms with Crippen molar-refractivity contribution in [3.63, 3.8) is 0 Å². The number of hydrogen-bond donors (Lipinski definition) is 1. The van der Waals surface area contributed by atoms with E-state index in [4.69, 9.17) is 4.74 Å². The molecule has 3 heterocycles. The Morgan fingerprint density at radius 3 is 2.42 bits per heavy atom. The lowest BCUT2D eigenvalue weighted by Gasteiger charge is -2.40. The summed E-state index contributed by atoms with van der Waals surface area (Å²) in [5.74, 6) is 0.491. The number of benzene rings is 1. The highest BCUT2D eigenvalue weighted by Crippen LogP contribution is 2.33. The van der Waals surface area contributed by atoms with Gasteiger partial charge in [-0.1, -0.05) is 0 Å². The highest BCUT2D eigenvalue weighted by atomic mass is 16.5. The number of hydrogen-bond acceptors (Lipinski definition) is 5. The van der Waals surface area contributed by atoms with Crippen LogP contribution in [0.15, 0.2) is 24.3 Å². The van der Waals surface area contributed by atoms with E-state index < -0.39 is 5.54 Å². The van der Waals surface area contributed by atoms with E-state index in [9.17, 15) is 14.4 Å². The number of carbonyl (C=O) groups is 3. The average Bonchev–Trinajstić information content (AvgIpc) is 3.02. The number of rotatable bonds is 4. The predicted molar refractivity (Wildman–Crippen MR) is 116 cm³/mol. The van der Waals surface area contributed by atoms with E-state index in [0.29, 0.717) is 43.3 Å². The minimum atomic E-state index is -0.787. The number of urea groups is 1. The summed E-state index contributed by atoms with van der Waals surface area (Å²) in [7, 11) is 1.59. The number of piperidine rings is 2. The molecular weight excluding hydrogens is 396 g/mol. The quantitative estimate of drug-likeness (QED) is 0.743. The molecule has 3 aliphatic rings. The van der Waals surface area contributed by atoms with Crippen LogP contribution in [0.2, 0.25) is 0 Å². The van der Waals surface area contributed by atoms with Gasteiger partial charge in [0.25, 0.3) is 11.8 Å². The number of likely N-dealkylation sites (tertiary alicyclic amines) is 2. The van der Waals surface area contributed by atoms with Gasteiger partial charge in [-0.05, 0) is 63.8 Å². The summed E-state index contributed by atoms with van der Waals surface area (Å²) in [4.78, 5) is 44.7. The lowest BCUT2D eigenvalue weighted by atomic mass is 9.86. The molecule has 1 N–H and O–H groups in total. The number of methoxy groups -OCH3 is 1. The van der Waals surface area contributed by atoms with Crippen LogP contribution in [0.1, 0.15) is 49.9 Å². The Hall–Kier alpha value is -2.61. The van der Waals surface area contributed by atoms with Crippen molar-refractivity contribution in [1.29, 1.82) is 0 Å². The van der Waals surface area contributed by atoms with Gasteiger partial charge >= 0.3 is 6.03 Å². The molecular formula is C23H32N4O4. The number of carbonyl (C=O) groups excluding carboxylic acids is 3. The van der Waals surface area contributed by atoms with E-state index >= 15 is 0 Å². The van der Waals surface area contributed by atoms with Crippen molar-refractivity contribution < 1.29 is 19.1 Å². The normalized spacial score (nSPS) is 24.1. The van der Waals surface area contributed by atoms with E-state index in [-0.39, 0.29) is 23.9 Å². The van der Waals surface area contributed by atoms with Crippen LogP contribution in [0.25, 0.3) is 0 Å². The molecule has 0 aromatic heterocycles. The van der Waals surface area contributed by atoms with Crippen LogP contribution >= 0.6 is 0 Å². The second kappa shape index (κ2) is 8.49. The SMILES string of the molecule is COc1ccc(C(=O)N2CCCC(N3C(=O)NC4(CCN(C(C)C)CC4)C3=O)C2)cc1. The van der Waals surface area contributed by atoms with Gasteiger partial charge in [-0.25, -0.2) is 4.79 Å². The maximum absolute atomic E-state index is 13.4. The van der Waals surface area contributed by atoms with Gasteiger partial charge in [-0.3, -0.25) is 14.5 Å². The zero-order valence-corrected chi connectivity index (χ0v) is 18.6. The molecule has 4 rings (SSSR count). The average molecular weight is 429 g/mol. The minimum absolute atomic E-state index is 0.0839. The first kappa shape index (κ1) is 21.6. The molecule has 1 spiro atoms. The molecule has 1 aromatic carbocycles. The lowest BCUT2D eigenvalue weighted by molar-refractivity contribution is -0.135. The third kappa shape index (κ3) is 4.01. The van der Waals surface area contributed by atoms with Gasteiger partial charge in [0.1, 0.15) is 11.3 Å². The summed E-state index contributed by atoms with van der Waals surface area (Å²) in [6.07, 6.45) is 2.75. The summed E-state index contributed by atoms with van der Waals surface area (Å²) in [6, 6.07) is 6.85.